The highest BCUT2D eigenvalue weighted by Gasteiger charge is 2.31. The summed E-state index contributed by atoms with van der Waals surface area (Å²) in [6.07, 6.45) is 2.06. The molecular formula is C16H18N4O2. The molecule has 0 saturated carbocycles. The van der Waals surface area contributed by atoms with Crippen LogP contribution in [0.15, 0.2) is 40.5 Å². The van der Waals surface area contributed by atoms with Crippen LogP contribution in [-0.2, 0) is 0 Å². The lowest BCUT2D eigenvalue weighted by Gasteiger charge is -2.27. The number of nitrogens with two attached hydrogens (primary N) is 1. The summed E-state index contributed by atoms with van der Waals surface area (Å²) >= 11 is 0. The second-order valence-electron chi connectivity index (χ2n) is 5.85. The van der Waals surface area contributed by atoms with Gasteiger partial charge in [0.1, 0.15) is 6.17 Å². The van der Waals surface area contributed by atoms with Gasteiger partial charge < -0.3 is 20.5 Å². The van der Waals surface area contributed by atoms with Gasteiger partial charge in [-0.15, -0.1) is 0 Å². The van der Waals surface area contributed by atoms with Gasteiger partial charge in [0.25, 0.3) is 0 Å². The molecule has 0 bridgehead atoms. The quantitative estimate of drug-likeness (QED) is 0.771. The molecule has 3 aliphatic rings. The predicted octanol–water partition coefficient (Wildman–Crippen LogP) is 1.51. The van der Waals surface area contributed by atoms with E-state index in [0.717, 1.165) is 28.3 Å². The average Bonchev–Trinajstić information content (AvgIpc) is 3.12. The number of nitrogens with one attached hydrogen (secondary N) is 2. The number of hydrazone groups is 1. The van der Waals surface area contributed by atoms with Crippen LogP contribution in [0.4, 0.5) is 0 Å². The zero-order valence-corrected chi connectivity index (χ0v) is 12.5. The Labute approximate surface area is 128 Å². The van der Waals surface area contributed by atoms with Crippen molar-refractivity contribution in [2.24, 2.45) is 16.8 Å². The molecule has 1 aromatic carbocycles. The number of dihydropyridines is 1. The summed E-state index contributed by atoms with van der Waals surface area (Å²) in [4.78, 5) is 0. The highest BCUT2D eigenvalue weighted by Crippen LogP contribution is 2.36. The van der Waals surface area contributed by atoms with Gasteiger partial charge >= 0.3 is 0 Å². The predicted molar refractivity (Wildman–Crippen MR) is 84.1 cm³/mol. The van der Waals surface area contributed by atoms with E-state index < -0.39 is 0 Å². The fourth-order valence-corrected chi connectivity index (χ4v) is 2.96. The first-order valence-electron chi connectivity index (χ1n) is 7.35. The van der Waals surface area contributed by atoms with Crippen molar-refractivity contribution < 1.29 is 9.47 Å². The number of rotatable bonds is 2. The van der Waals surface area contributed by atoms with Gasteiger partial charge in [0, 0.05) is 16.8 Å². The first-order chi connectivity index (χ1) is 10.6. The number of ether oxygens (including phenoxy) is 2. The maximum atomic E-state index is 6.00. The van der Waals surface area contributed by atoms with Crippen LogP contribution in [0.5, 0.6) is 11.5 Å². The summed E-state index contributed by atoms with van der Waals surface area (Å²) in [7, 11) is 0. The van der Waals surface area contributed by atoms with Crippen LogP contribution in [0.25, 0.3) is 5.70 Å². The van der Waals surface area contributed by atoms with Gasteiger partial charge in [0.15, 0.2) is 17.3 Å². The second kappa shape index (κ2) is 4.69. The van der Waals surface area contributed by atoms with Gasteiger partial charge in [-0.05, 0) is 35.8 Å². The largest absolute Gasteiger partial charge is 0.454 e. The topological polar surface area (TPSA) is 80.9 Å². The number of hydrogen-bond acceptors (Lipinski definition) is 6. The van der Waals surface area contributed by atoms with Gasteiger partial charge in [-0.1, -0.05) is 13.8 Å². The Hall–Kier alpha value is -2.63. The van der Waals surface area contributed by atoms with E-state index in [1.165, 1.54) is 5.57 Å². The highest BCUT2D eigenvalue weighted by atomic mass is 16.7. The summed E-state index contributed by atoms with van der Waals surface area (Å²) < 4.78 is 10.8. The lowest BCUT2D eigenvalue weighted by Crippen LogP contribution is -2.41. The Balaban J connectivity index is 1.77. The average molecular weight is 298 g/mol. The van der Waals surface area contributed by atoms with Gasteiger partial charge in [0.05, 0.1) is 0 Å². The van der Waals surface area contributed by atoms with Crippen molar-refractivity contribution >= 4 is 11.5 Å². The van der Waals surface area contributed by atoms with E-state index in [1.807, 2.05) is 18.2 Å². The van der Waals surface area contributed by atoms with Crippen molar-refractivity contribution in [1.82, 2.24) is 10.7 Å². The number of fused-ring (bicyclic) bond motifs is 2. The van der Waals surface area contributed by atoms with Crippen molar-refractivity contribution in [2.75, 3.05) is 6.79 Å². The highest BCUT2D eigenvalue weighted by molar-refractivity contribution is 6.02. The molecule has 0 spiro atoms. The Morgan fingerprint density at radius 1 is 1.27 bits per heavy atom. The van der Waals surface area contributed by atoms with Gasteiger partial charge in [-0.2, -0.15) is 5.10 Å². The molecule has 0 aliphatic carbocycles. The van der Waals surface area contributed by atoms with E-state index in [4.69, 9.17) is 15.2 Å². The molecule has 1 atom stereocenters. The SMILES string of the molecule is CC(C)C1=C2C(N)=NNC2NC(c2ccc3c(c2)OCO3)=C1. The van der Waals surface area contributed by atoms with Crippen molar-refractivity contribution in [3.63, 3.8) is 0 Å². The lowest BCUT2D eigenvalue weighted by atomic mass is 9.90. The molecule has 0 aromatic heterocycles. The Kier molecular flexibility index (Phi) is 2.79. The van der Waals surface area contributed by atoms with Crippen LogP contribution in [0, 0.1) is 5.92 Å². The van der Waals surface area contributed by atoms with Crippen molar-refractivity contribution in [3.8, 4) is 11.5 Å². The smallest absolute Gasteiger partial charge is 0.231 e. The van der Waals surface area contributed by atoms with Crippen LogP contribution >= 0.6 is 0 Å². The van der Waals surface area contributed by atoms with E-state index in [0.29, 0.717) is 11.8 Å². The summed E-state index contributed by atoms with van der Waals surface area (Å²) in [5.41, 5.74) is 13.4. The molecule has 3 heterocycles. The van der Waals surface area contributed by atoms with Crippen LogP contribution in [0.2, 0.25) is 0 Å². The molecule has 22 heavy (non-hydrogen) atoms. The molecule has 4 rings (SSSR count). The lowest BCUT2D eigenvalue weighted by molar-refractivity contribution is 0.174. The van der Waals surface area contributed by atoms with Crippen molar-refractivity contribution in [1.29, 1.82) is 0 Å². The third-order valence-corrected chi connectivity index (χ3v) is 4.09. The van der Waals surface area contributed by atoms with Gasteiger partial charge in [0.2, 0.25) is 6.79 Å². The standard InChI is InChI=1S/C16H18N4O2/c1-8(2)10-6-11(18-16-14(10)15(17)19-20-16)9-3-4-12-13(5-9)22-7-21-12/h3-6,8,16,18,20H,7H2,1-2H3,(H2,17,19). The fourth-order valence-electron chi connectivity index (χ4n) is 2.96. The minimum Gasteiger partial charge on any atom is -0.454 e. The molecule has 3 aliphatic heterocycles. The third kappa shape index (κ3) is 1.91. The molecule has 1 unspecified atom stereocenters. The normalized spacial score (nSPS) is 22.0. The minimum absolute atomic E-state index is 0.0807. The molecule has 0 saturated heterocycles. The van der Waals surface area contributed by atoms with Crippen LogP contribution in [-0.4, -0.2) is 18.8 Å². The summed E-state index contributed by atoms with van der Waals surface area (Å²) in [5.74, 6) is 2.47. The molecule has 0 amide bonds. The fraction of sp³-hybridized carbons (Fsp3) is 0.312. The monoisotopic (exact) mass is 298 g/mol. The molecule has 1 aromatic rings. The summed E-state index contributed by atoms with van der Waals surface area (Å²) in [6, 6.07) is 5.94. The van der Waals surface area contributed by atoms with Crippen molar-refractivity contribution in [2.45, 2.75) is 20.0 Å². The van der Waals surface area contributed by atoms with Crippen molar-refractivity contribution in [3.05, 3.63) is 41.0 Å². The number of benzene rings is 1. The minimum atomic E-state index is -0.0807. The van der Waals surface area contributed by atoms with Crippen LogP contribution in [0.3, 0.4) is 0 Å². The molecule has 114 valence electrons. The molecule has 6 nitrogen and oxygen atoms in total. The van der Waals surface area contributed by atoms with E-state index >= 15 is 0 Å². The first-order valence-corrected chi connectivity index (χ1v) is 7.35. The molecule has 0 fully saturated rings. The summed E-state index contributed by atoms with van der Waals surface area (Å²) in [6.45, 7) is 4.59. The van der Waals surface area contributed by atoms with Crippen LogP contribution in [0.1, 0.15) is 19.4 Å². The van der Waals surface area contributed by atoms with E-state index in [9.17, 15) is 0 Å². The Morgan fingerprint density at radius 2 is 2.09 bits per heavy atom. The molecule has 4 N–H and O–H groups in total. The van der Waals surface area contributed by atoms with Crippen LogP contribution < -0.4 is 25.9 Å². The van der Waals surface area contributed by atoms with E-state index in [-0.39, 0.29) is 13.0 Å². The molecule has 0 radical (unpaired) electrons. The Bertz CT molecular complexity index is 734. The second-order valence-corrected chi connectivity index (χ2v) is 5.85. The maximum absolute atomic E-state index is 6.00. The number of amidine groups is 1. The maximum Gasteiger partial charge on any atom is 0.231 e. The Morgan fingerprint density at radius 3 is 2.91 bits per heavy atom. The van der Waals surface area contributed by atoms with E-state index in [1.54, 1.807) is 0 Å². The molecule has 6 heteroatoms. The number of nitrogens with zero attached hydrogens (tertiary/aromatic N) is 1. The zero-order chi connectivity index (χ0) is 15.3. The number of hydrogen-bond donors (Lipinski definition) is 3. The van der Waals surface area contributed by atoms with Gasteiger partial charge in [-0.3, -0.25) is 5.43 Å². The summed E-state index contributed by atoms with van der Waals surface area (Å²) in [5, 5.41) is 7.58. The number of allylic oxidation sites excluding steroid dienone is 2. The zero-order valence-electron chi connectivity index (χ0n) is 12.5. The first kappa shape index (κ1) is 13.1. The van der Waals surface area contributed by atoms with Gasteiger partial charge in [-0.25, -0.2) is 0 Å². The molecular weight excluding hydrogens is 280 g/mol. The van der Waals surface area contributed by atoms with E-state index in [2.05, 4.69) is 35.8 Å². The third-order valence-electron chi connectivity index (χ3n) is 4.09.